The van der Waals surface area contributed by atoms with E-state index in [1.807, 2.05) is 0 Å². The highest BCUT2D eigenvalue weighted by Gasteiger charge is 2.49. The van der Waals surface area contributed by atoms with Crippen LogP contribution in [0.1, 0.15) is 66.4 Å². The molecule has 0 aliphatic rings. The first kappa shape index (κ1) is 29.8. The van der Waals surface area contributed by atoms with Gasteiger partial charge in [-0.2, -0.15) is 0 Å². The summed E-state index contributed by atoms with van der Waals surface area (Å²) in [6, 6.07) is 8.62. The van der Waals surface area contributed by atoms with Gasteiger partial charge in [0.05, 0.1) is 16.7 Å². The van der Waals surface area contributed by atoms with E-state index in [0.29, 0.717) is 10.6 Å². The summed E-state index contributed by atoms with van der Waals surface area (Å²) in [6.07, 6.45) is -0.00975. The molecule has 34 heavy (non-hydrogen) atoms. The van der Waals surface area contributed by atoms with Crippen LogP contribution >= 0.6 is 8.69 Å². The molecule has 1 N–H and O–H groups in total. The maximum Gasteiger partial charge on any atom is 0.344 e. The van der Waals surface area contributed by atoms with Crippen molar-refractivity contribution in [2.75, 3.05) is 13.3 Å². The maximum absolute atomic E-state index is 12.9. The van der Waals surface area contributed by atoms with Crippen molar-refractivity contribution >= 4 is 26.5 Å². The second-order valence-corrected chi connectivity index (χ2v) is 10.2. The van der Waals surface area contributed by atoms with E-state index in [1.165, 1.54) is 6.92 Å². The van der Waals surface area contributed by atoms with Crippen molar-refractivity contribution in [3.63, 3.8) is 0 Å². The minimum absolute atomic E-state index is 0.00975. The summed E-state index contributed by atoms with van der Waals surface area (Å²) in [5.74, 6) is -5.12. The number of hydrogen-bond acceptors (Lipinski definition) is 9. The van der Waals surface area contributed by atoms with E-state index in [9.17, 15) is 24.2 Å². The monoisotopic (exact) mass is 501 g/mol. The van der Waals surface area contributed by atoms with Crippen LogP contribution in [-0.4, -0.2) is 47.4 Å². The van der Waals surface area contributed by atoms with Crippen LogP contribution in [0.2, 0.25) is 0 Å². The Kier molecular flexibility index (Phi) is 10.9. The summed E-state index contributed by atoms with van der Waals surface area (Å²) in [5.41, 5.74) is -1.26. The van der Waals surface area contributed by atoms with Gasteiger partial charge < -0.3 is 9.47 Å². The smallest absolute Gasteiger partial charge is 0.344 e. The van der Waals surface area contributed by atoms with Crippen molar-refractivity contribution in [2.24, 2.45) is 10.8 Å². The van der Waals surface area contributed by atoms with Crippen molar-refractivity contribution in [3.05, 3.63) is 35.9 Å². The Morgan fingerprint density at radius 1 is 1.00 bits per heavy atom. The average molecular weight is 502 g/mol. The summed E-state index contributed by atoms with van der Waals surface area (Å²) in [7, 11) is -1.95. The molecule has 1 aromatic carbocycles. The number of ether oxygens (including phenoxy) is 3. The van der Waals surface area contributed by atoms with E-state index >= 15 is 0 Å². The van der Waals surface area contributed by atoms with Crippen LogP contribution in [0.15, 0.2) is 30.3 Å². The molecule has 0 saturated carbocycles. The lowest BCUT2D eigenvalue weighted by Gasteiger charge is -2.39. The van der Waals surface area contributed by atoms with Gasteiger partial charge in [-0.25, -0.2) is 5.06 Å². The molecular weight excluding hydrogens is 465 g/mol. The first-order valence-electron chi connectivity index (χ1n) is 10.8. The highest BCUT2D eigenvalue weighted by Crippen LogP contribution is 2.41. The van der Waals surface area contributed by atoms with Gasteiger partial charge in [-0.05, 0) is 53.5 Å². The van der Waals surface area contributed by atoms with Crippen LogP contribution in [0.3, 0.4) is 0 Å². The molecule has 1 amide bonds. The number of nitrogens with zero attached hydrogens (tertiary/aromatic N) is 1. The lowest BCUT2D eigenvalue weighted by molar-refractivity contribution is -0.357. The van der Waals surface area contributed by atoms with E-state index in [2.05, 4.69) is 0 Å². The molecule has 0 aliphatic carbocycles. The SMILES string of the molecule is CC(=O)N(O)CCC(c1ccccc1)C(OCOC(=O)C(C)(C)C)(O[PH2]=O)OC(=O)C(C)(C)C. The van der Waals surface area contributed by atoms with Crippen LogP contribution < -0.4 is 0 Å². The number of amides is 1. The molecule has 0 bridgehead atoms. The van der Waals surface area contributed by atoms with Crippen molar-refractivity contribution in [3.8, 4) is 0 Å². The van der Waals surface area contributed by atoms with E-state index in [-0.39, 0.29) is 13.0 Å². The van der Waals surface area contributed by atoms with Gasteiger partial charge in [0.2, 0.25) is 5.91 Å². The van der Waals surface area contributed by atoms with Gasteiger partial charge in [0, 0.05) is 13.5 Å². The number of carbonyl (C=O) groups excluding carboxylic acids is 3. The first-order chi connectivity index (χ1) is 15.6. The van der Waals surface area contributed by atoms with E-state index in [1.54, 1.807) is 71.9 Å². The van der Waals surface area contributed by atoms with Crippen LogP contribution in [-0.2, 0) is 37.7 Å². The van der Waals surface area contributed by atoms with Crippen molar-refractivity contribution in [2.45, 2.75) is 66.8 Å². The van der Waals surface area contributed by atoms with Crippen LogP contribution in [0, 0.1) is 10.8 Å². The normalized spacial score (nSPS) is 14.9. The summed E-state index contributed by atoms with van der Waals surface area (Å²) < 4.78 is 33.8. The number of hydrogen-bond donors (Lipinski definition) is 1. The first-order valence-corrected chi connectivity index (χ1v) is 11.8. The Bertz CT molecular complexity index is 848. The number of benzene rings is 1. The van der Waals surface area contributed by atoms with Gasteiger partial charge in [0.25, 0.3) is 0 Å². The maximum atomic E-state index is 12.9. The second kappa shape index (κ2) is 12.4. The molecule has 3 unspecified atom stereocenters. The molecule has 0 heterocycles. The molecule has 192 valence electrons. The molecule has 0 radical (unpaired) electrons. The van der Waals surface area contributed by atoms with Gasteiger partial charge in [0.15, 0.2) is 15.5 Å². The molecular formula is C23H36NO9P. The Morgan fingerprint density at radius 2 is 1.56 bits per heavy atom. The molecule has 10 nitrogen and oxygen atoms in total. The number of rotatable bonds is 11. The summed E-state index contributed by atoms with van der Waals surface area (Å²) >= 11 is 0. The average Bonchev–Trinajstić information content (AvgIpc) is 2.73. The summed E-state index contributed by atoms with van der Waals surface area (Å²) in [5, 5.41) is 10.4. The van der Waals surface area contributed by atoms with Crippen LogP contribution in [0.4, 0.5) is 0 Å². The largest absolute Gasteiger partial charge is 0.438 e. The Labute approximate surface area is 201 Å². The molecule has 1 aromatic rings. The highest BCUT2D eigenvalue weighted by molar-refractivity contribution is 7.17. The number of hydroxylamine groups is 2. The third-order valence-corrected chi connectivity index (χ3v) is 5.17. The van der Waals surface area contributed by atoms with Gasteiger partial charge in [-0.15, -0.1) is 0 Å². The van der Waals surface area contributed by atoms with Crippen molar-refractivity contribution in [1.82, 2.24) is 5.06 Å². The Hall–Kier alpha value is -2.26. The van der Waals surface area contributed by atoms with E-state index in [0.717, 1.165) is 0 Å². The summed E-state index contributed by atoms with van der Waals surface area (Å²) in [4.78, 5) is 36.7. The van der Waals surface area contributed by atoms with Crippen LogP contribution in [0.5, 0.6) is 0 Å². The Balaban J connectivity index is 3.48. The third-order valence-electron chi connectivity index (χ3n) is 4.74. The molecule has 0 spiro atoms. The standard InChI is InChI=1S/C23H36NO9P/c1-16(25)24(28)14-13-18(17-11-9-8-10-12-17)23(33-34-29,32-20(27)22(5,6)7)31-15-30-19(26)21(2,3)4/h8-12,18,28H,13-15,34H2,1-7H3. The lowest BCUT2D eigenvalue weighted by atomic mass is 9.92. The fourth-order valence-electron chi connectivity index (χ4n) is 2.71. The highest BCUT2D eigenvalue weighted by atomic mass is 31.1. The fourth-order valence-corrected chi connectivity index (χ4v) is 3.13. The zero-order valence-electron chi connectivity index (χ0n) is 20.8. The predicted octanol–water partition coefficient (Wildman–Crippen LogP) is 3.89. The van der Waals surface area contributed by atoms with Gasteiger partial charge in [-0.1, -0.05) is 30.3 Å². The molecule has 1 rings (SSSR count). The molecule has 0 saturated heterocycles. The third kappa shape index (κ3) is 8.83. The van der Waals surface area contributed by atoms with E-state index in [4.69, 9.17) is 18.7 Å². The minimum atomic E-state index is -2.27. The zero-order chi connectivity index (χ0) is 26.2. The van der Waals surface area contributed by atoms with Crippen molar-refractivity contribution in [1.29, 1.82) is 0 Å². The molecule has 0 aliphatic heterocycles. The Morgan fingerprint density at radius 3 is 2.03 bits per heavy atom. The van der Waals surface area contributed by atoms with Crippen LogP contribution in [0.25, 0.3) is 0 Å². The molecule has 11 heteroatoms. The predicted molar refractivity (Wildman–Crippen MR) is 124 cm³/mol. The fraction of sp³-hybridized carbons (Fsp3) is 0.609. The quantitative estimate of drug-likeness (QED) is 0.158. The zero-order valence-corrected chi connectivity index (χ0v) is 22.0. The van der Waals surface area contributed by atoms with Gasteiger partial charge >= 0.3 is 17.9 Å². The van der Waals surface area contributed by atoms with Gasteiger partial charge in [-0.3, -0.25) is 33.4 Å². The second-order valence-electron chi connectivity index (χ2n) is 9.80. The van der Waals surface area contributed by atoms with Gasteiger partial charge in [0.1, 0.15) is 0 Å². The minimum Gasteiger partial charge on any atom is -0.438 e. The number of carbonyl (C=O) groups is 3. The molecule has 0 aromatic heterocycles. The molecule has 0 fully saturated rings. The van der Waals surface area contributed by atoms with E-state index < -0.39 is 56.0 Å². The lowest BCUT2D eigenvalue weighted by Crippen LogP contribution is -2.48. The topological polar surface area (TPSA) is 129 Å². The van der Waals surface area contributed by atoms with Crippen molar-refractivity contribution < 1.29 is 42.9 Å². The summed E-state index contributed by atoms with van der Waals surface area (Å²) in [6.45, 7) is 10.2. The number of esters is 2. The molecule has 3 atom stereocenters.